The summed E-state index contributed by atoms with van der Waals surface area (Å²) in [5.41, 5.74) is 6.96. The van der Waals surface area contributed by atoms with E-state index in [4.69, 9.17) is 10.2 Å². The Kier molecular flexibility index (Phi) is 2.24. The average Bonchev–Trinajstić information content (AvgIpc) is 2.65. The van der Waals surface area contributed by atoms with Gasteiger partial charge in [0, 0.05) is 13.5 Å². The lowest BCUT2D eigenvalue weighted by Gasteiger charge is -1.97. The van der Waals surface area contributed by atoms with Gasteiger partial charge in [0.25, 0.3) is 0 Å². The zero-order chi connectivity index (χ0) is 9.97. The van der Waals surface area contributed by atoms with Crippen LogP contribution in [0.15, 0.2) is 23.0 Å². The summed E-state index contributed by atoms with van der Waals surface area (Å²) in [6.45, 7) is 2.18. The highest BCUT2D eigenvalue weighted by Crippen LogP contribution is 2.17. The fourth-order valence-electron chi connectivity index (χ4n) is 1.12. The van der Waals surface area contributed by atoms with Gasteiger partial charge in [0.1, 0.15) is 12.0 Å². The Balaban J connectivity index is 2.41. The van der Waals surface area contributed by atoms with Crippen molar-refractivity contribution in [1.82, 2.24) is 15.0 Å². The summed E-state index contributed by atoms with van der Waals surface area (Å²) >= 11 is 0. The summed E-state index contributed by atoms with van der Waals surface area (Å²) in [4.78, 5) is 12.1. The number of nitrogens with two attached hydrogens (primary N) is 1. The van der Waals surface area contributed by atoms with Crippen molar-refractivity contribution in [2.45, 2.75) is 13.5 Å². The number of hydrogen-bond donors (Lipinski definition) is 1. The van der Waals surface area contributed by atoms with Crippen molar-refractivity contribution in [2.24, 2.45) is 5.73 Å². The molecule has 2 aromatic rings. The molecule has 72 valence electrons. The van der Waals surface area contributed by atoms with Crippen molar-refractivity contribution in [1.29, 1.82) is 0 Å². The number of oxazole rings is 1. The number of nitrogens with zero attached hydrogens (tertiary/aromatic N) is 3. The Labute approximate surface area is 81.0 Å². The number of hydrogen-bond acceptors (Lipinski definition) is 5. The Morgan fingerprint density at radius 3 is 2.86 bits per heavy atom. The molecular weight excluding hydrogens is 180 g/mol. The second-order valence-electron chi connectivity index (χ2n) is 2.84. The topological polar surface area (TPSA) is 77.8 Å². The molecule has 0 radical (unpaired) electrons. The first kappa shape index (κ1) is 8.83. The molecule has 0 amide bonds. The van der Waals surface area contributed by atoms with Crippen LogP contribution in [0.1, 0.15) is 11.6 Å². The van der Waals surface area contributed by atoms with Crippen molar-refractivity contribution in [3.63, 3.8) is 0 Å². The molecule has 2 aromatic heterocycles. The maximum atomic E-state index is 5.47. The molecule has 0 saturated carbocycles. The van der Waals surface area contributed by atoms with Gasteiger partial charge in [-0.3, -0.25) is 0 Å². The Hall–Kier alpha value is -1.75. The summed E-state index contributed by atoms with van der Waals surface area (Å²) in [7, 11) is 0. The highest BCUT2D eigenvalue weighted by molar-refractivity contribution is 5.50. The van der Waals surface area contributed by atoms with Gasteiger partial charge in [0.2, 0.25) is 0 Å². The highest BCUT2D eigenvalue weighted by atomic mass is 16.4. The predicted molar refractivity (Wildman–Crippen MR) is 50.2 cm³/mol. The van der Waals surface area contributed by atoms with Gasteiger partial charge in [-0.15, -0.1) is 0 Å². The van der Waals surface area contributed by atoms with Crippen LogP contribution in [0.25, 0.3) is 11.5 Å². The summed E-state index contributed by atoms with van der Waals surface area (Å²) in [5, 5.41) is 0. The first-order valence-corrected chi connectivity index (χ1v) is 4.23. The van der Waals surface area contributed by atoms with Crippen molar-refractivity contribution in [2.75, 3.05) is 0 Å². The van der Waals surface area contributed by atoms with Gasteiger partial charge < -0.3 is 10.2 Å². The fraction of sp³-hybridized carbons (Fsp3) is 0.222. The summed E-state index contributed by atoms with van der Waals surface area (Å²) in [5.74, 6) is 1.26. The first-order valence-electron chi connectivity index (χ1n) is 4.23. The van der Waals surface area contributed by atoms with Crippen molar-refractivity contribution < 1.29 is 4.42 Å². The molecule has 0 fully saturated rings. The minimum Gasteiger partial charge on any atom is -0.439 e. The molecule has 5 heteroatoms. The van der Waals surface area contributed by atoms with Crippen LogP contribution in [0.2, 0.25) is 0 Å². The third-order valence-corrected chi connectivity index (χ3v) is 1.81. The molecule has 0 aliphatic carbocycles. The van der Waals surface area contributed by atoms with E-state index in [0.717, 1.165) is 5.69 Å². The number of aromatic nitrogens is 3. The molecule has 0 spiro atoms. The van der Waals surface area contributed by atoms with Crippen molar-refractivity contribution in [3.05, 3.63) is 30.2 Å². The van der Waals surface area contributed by atoms with Gasteiger partial charge in [0.15, 0.2) is 11.7 Å². The minimum absolute atomic E-state index is 0.392. The maximum Gasteiger partial charge on any atom is 0.191 e. The minimum atomic E-state index is 0.392. The molecule has 0 saturated heterocycles. The van der Waals surface area contributed by atoms with E-state index in [-0.39, 0.29) is 0 Å². The monoisotopic (exact) mass is 190 g/mol. The van der Waals surface area contributed by atoms with Crippen LogP contribution in [0, 0.1) is 6.92 Å². The largest absolute Gasteiger partial charge is 0.439 e. The van der Waals surface area contributed by atoms with Crippen molar-refractivity contribution >= 4 is 0 Å². The van der Waals surface area contributed by atoms with Crippen LogP contribution in [0.4, 0.5) is 0 Å². The van der Waals surface area contributed by atoms with Crippen LogP contribution in [-0.4, -0.2) is 15.0 Å². The molecule has 2 N–H and O–H groups in total. The van der Waals surface area contributed by atoms with E-state index in [9.17, 15) is 0 Å². The molecule has 2 heterocycles. The van der Waals surface area contributed by atoms with Gasteiger partial charge in [-0.05, 0) is 6.07 Å². The Morgan fingerprint density at radius 1 is 1.36 bits per heavy atom. The lowest BCUT2D eigenvalue weighted by Crippen LogP contribution is -2.00. The maximum absolute atomic E-state index is 5.47. The lowest BCUT2D eigenvalue weighted by molar-refractivity contribution is 0.532. The molecule has 0 unspecified atom stereocenters. The van der Waals surface area contributed by atoms with Crippen LogP contribution >= 0.6 is 0 Å². The van der Waals surface area contributed by atoms with Crippen LogP contribution < -0.4 is 5.73 Å². The van der Waals surface area contributed by atoms with E-state index >= 15 is 0 Å². The van der Waals surface area contributed by atoms with E-state index in [1.54, 1.807) is 19.2 Å². The lowest BCUT2D eigenvalue weighted by atomic mass is 10.3. The van der Waals surface area contributed by atoms with Crippen LogP contribution in [-0.2, 0) is 6.54 Å². The molecule has 14 heavy (non-hydrogen) atoms. The van der Waals surface area contributed by atoms with E-state index < -0.39 is 0 Å². The van der Waals surface area contributed by atoms with E-state index in [2.05, 4.69) is 15.0 Å². The molecule has 0 aromatic carbocycles. The molecule has 5 nitrogen and oxygen atoms in total. The third kappa shape index (κ3) is 1.62. The zero-order valence-corrected chi connectivity index (χ0v) is 7.77. The second-order valence-corrected chi connectivity index (χ2v) is 2.84. The number of rotatable bonds is 2. The van der Waals surface area contributed by atoms with Gasteiger partial charge >= 0.3 is 0 Å². The number of aryl methyl sites for hydroxylation is 1. The van der Waals surface area contributed by atoms with Crippen LogP contribution in [0.3, 0.4) is 0 Å². The Morgan fingerprint density at radius 2 is 2.21 bits per heavy atom. The standard InChI is InChI=1S/C9H10N4O/c1-6-11-4-9(14-6)8-2-7(3-10)12-5-13-8/h2,4-5H,3,10H2,1H3. The van der Waals surface area contributed by atoms with Crippen LogP contribution in [0.5, 0.6) is 0 Å². The van der Waals surface area contributed by atoms with Gasteiger partial charge in [-0.25, -0.2) is 15.0 Å². The molecule has 0 aliphatic heterocycles. The molecule has 0 atom stereocenters. The highest BCUT2D eigenvalue weighted by Gasteiger charge is 2.05. The van der Waals surface area contributed by atoms with Gasteiger partial charge in [-0.2, -0.15) is 0 Å². The molecule has 0 aliphatic rings. The molecular formula is C9H10N4O. The van der Waals surface area contributed by atoms with E-state index in [0.29, 0.717) is 23.9 Å². The average molecular weight is 190 g/mol. The predicted octanol–water partition coefficient (Wildman–Crippen LogP) is 0.899. The van der Waals surface area contributed by atoms with Gasteiger partial charge in [0.05, 0.1) is 11.9 Å². The van der Waals surface area contributed by atoms with E-state index in [1.807, 2.05) is 0 Å². The molecule has 0 bridgehead atoms. The summed E-state index contributed by atoms with van der Waals surface area (Å²) < 4.78 is 5.33. The SMILES string of the molecule is Cc1ncc(-c2cc(CN)ncn2)o1. The third-order valence-electron chi connectivity index (χ3n) is 1.81. The fourth-order valence-corrected chi connectivity index (χ4v) is 1.12. The van der Waals surface area contributed by atoms with E-state index in [1.165, 1.54) is 6.33 Å². The second kappa shape index (κ2) is 3.55. The quantitative estimate of drug-likeness (QED) is 0.761. The smallest absolute Gasteiger partial charge is 0.191 e. The van der Waals surface area contributed by atoms with Crippen molar-refractivity contribution in [3.8, 4) is 11.5 Å². The summed E-state index contributed by atoms with van der Waals surface area (Å²) in [6.07, 6.45) is 3.10. The first-order chi connectivity index (χ1) is 6.79. The normalized spacial score (nSPS) is 10.4. The zero-order valence-electron chi connectivity index (χ0n) is 7.77. The Bertz CT molecular complexity index is 438. The van der Waals surface area contributed by atoms with Gasteiger partial charge in [-0.1, -0.05) is 0 Å². The molecule has 2 rings (SSSR count). The summed E-state index contributed by atoms with van der Waals surface area (Å²) in [6, 6.07) is 1.79.